The molecule has 0 N–H and O–H groups in total. The Hall–Kier alpha value is -2.11. The van der Waals surface area contributed by atoms with Gasteiger partial charge in [-0.1, -0.05) is 18.2 Å². The highest BCUT2D eigenvalue weighted by Crippen LogP contribution is 2.16. The summed E-state index contributed by atoms with van der Waals surface area (Å²) in [7, 11) is 0. The lowest BCUT2D eigenvalue weighted by Crippen LogP contribution is -2.41. The molecule has 1 aromatic carbocycles. The number of urea groups is 1. The van der Waals surface area contributed by atoms with E-state index in [4.69, 9.17) is 0 Å². The maximum absolute atomic E-state index is 13.7. The number of carbonyl (C=O) groups excluding carboxylic acids is 2. The van der Waals surface area contributed by atoms with Crippen molar-refractivity contribution in [3.63, 3.8) is 0 Å². The highest BCUT2D eigenvalue weighted by atomic mass is 19.1. The van der Waals surface area contributed by atoms with Gasteiger partial charge in [0, 0.05) is 31.7 Å². The summed E-state index contributed by atoms with van der Waals surface area (Å²) in [5, 5.41) is 0. The molecule has 0 atom stereocenters. The SMILES string of the molecule is O=C(CN1CCN(Cc2ccccc2F)C1=O)N1CCCC1. The number of halogens is 1. The van der Waals surface area contributed by atoms with E-state index >= 15 is 0 Å². The van der Waals surface area contributed by atoms with Crippen LogP contribution in [0, 0.1) is 5.82 Å². The molecule has 2 fully saturated rings. The highest BCUT2D eigenvalue weighted by molar-refractivity contribution is 5.85. The van der Waals surface area contributed by atoms with Gasteiger partial charge >= 0.3 is 6.03 Å². The van der Waals surface area contributed by atoms with Gasteiger partial charge in [0.2, 0.25) is 5.91 Å². The Bertz CT molecular complexity index is 572. The number of carbonyl (C=O) groups is 2. The van der Waals surface area contributed by atoms with Gasteiger partial charge in [0.1, 0.15) is 12.4 Å². The minimum absolute atomic E-state index is 0.0126. The van der Waals surface area contributed by atoms with Crippen LogP contribution < -0.4 is 0 Å². The van der Waals surface area contributed by atoms with E-state index in [1.165, 1.54) is 6.07 Å². The van der Waals surface area contributed by atoms with Gasteiger partial charge in [0.15, 0.2) is 0 Å². The van der Waals surface area contributed by atoms with Crippen LogP contribution in [0.4, 0.5) is 9.18 Å². The molecule has 118 valence electrons. The predicted molar refractivity (Wildman–Crippen MR) is 79.6 cm³/mol. The van der Waals surface area contributed by atoms with Crippen molar-refractivity contribution >= 4 is 11.9 Å². The molecule has 0 spiro atoms. The fourth-order valence-corrected chi connectivity index (χ4v) is 2.99. The van der Waals surface area contributed by atoms with Gasteiger partial charge in [0.25, 0.3) is 0 Å². The van der Waals surface area contributed by atoms with E-state index in [1.54, 1.807) is 28.0 Å². The molecule has 2 aliphatic heterocycles. The molecule has 2 saturated heterocycles. The van der Waals surface area contributed by atoms with Crippen LogP contribution in [0.1, 0.15) is 18.4 Å². The first kappa shape index (κ1) is 14.8. The van der Waals surface area contributed by atoms with Crippen LogP contribution in [-0.2, 0) is 11.3 Å². The Morgan fingerprint density at radius 2 is 1.73 bits per heavy atom. The van der Waals surface area contributed by atoms with Gasteiger partial charge in [-0.15, -0.1) is 0 Å². The third-order valence-corrected chi connectivity index (χ3v) is 4.28. The average Bonchev–Trinajstić information content (AvgIpc) is 3.15. The molecular weight excluding hydrogens is 285 g/mol. The van der Waals surface area contributed by atoms with E-state index in [0.29, 0.717) is 18.7 Å². The molecule has 0 bridgehead atoms. The summed E-state index contributed by atoms with van der Waals surface area (Å²) in [6.45, 7) is 3.01. The number of likely N-dealkylation sites (tertiary alicyclic amines) is 1. The van der Waals surface area contributed by atoms with E-state index in [9.17, 15) is 14.0 Å². The molecule has 1 aromatic rings. The number of hydrogen-bond donors (Lipinski definition) is 0. The number of hydrogen-bond acceptors (Lipinski definition) is 2. The largest absolute Gasteiger partial charge is 0.341 e. The molecule has 5 nitrogen and oxygen atoms in total. The van der Waals surface area contributed by atoms with Crippen LogP contribution in [0.5, 0.6) is 0 Å². The molecule has 3 rings (SSSR count). The third-order valence-electron chi connectivity index (χ3n) is 4.28. The van der Waals surface area contributed by atoms with Crippen molar-refractivity contribution < 1.29 is 14.0 Å². The van der Waals surface area contributed by atoms with E-state index in [2.05, 4.69) is 0 Å². The van der Waals surface area contributed by atoms with Crippen molar-refractivity contribution in [2.24, 2.45) is 0 Å². The molecule has 2 heterocycles. The fraction of sp³-hybridized carbons (Fsp3) is 0.500. The van der Waals surface area contributed by atoms with Crippen molar-refractivity contribution in [1.29, 1.82) is 0 Å². The van der Waals surface area contributed by atoms with Crippen LogP contribution >= 0.6 is 0 Å². The molecule has 6 heteroatoms. The number of amides is 3. The van der Waals surface area contributed by atoms with Crippen molar-refractivity contribution in [3.8, 4) is 0 Å². The minimum atomic E-state index is -0.304. The van der Waals surface area contributed by atoms with Gasteiger partial charge in [0.05, 0.1) is 6.54 Å². The smallest absolute Gasteiger partial charge is 0.320 e. The van der Waals surface area contributed by atoms with Crippen LogP contribution in [0.2, 0.25) is 0 Å². The maximum atomic E-state index is 13.7. The van der Waals surface area contributed by atoms with Crippen LogP contribution in [0.15, 0.2) is 24.3 Å². The van der Waals surface area contributed by atoms with E-state index in [1.807, 2.05) is 4.90 Å². The number of nitrogens with zero attached hydrogens (tertiary/aromatic N) is 3. The monoisotopic (exact) mass is 305 g/mol. The minimum Gasteiger partial charge on any atom is -0.341 e. The van der Waals surface area contributed by atoms with Gasteiger partial charge in [-0.3, -0.25) is 4.79 Å². The summed E-state index contributed by atoms with van der Waals surface area (Å²) in [5.74, 6) is -0.291. The first-order valence-corrected chi connectivity index (χ1v) is 7.70. The van der Waals surface area contributed by atoms with E-state index in [-0.39, 0.29) is 30.8 Å². The number of benzene rings is 1. The van der Waals surface area contributed by atoms with Gasteiger partial charge in [-0.25, -0.2) is 9.18 Å². The van der Waals surface area contributed by atoms with Crippen molar-refractivity contribution in [1.82, 2.24) is 14.7 Å². The van der Waals surface area contributed by atoms with Crippen molar-refractivity contribution in [2.75, 3.05) is 32.7 Å². The summed E-state index contributed by atoms with van der Waals surface area (Å²) in [5.41, 5.74) is 0.503. The summed E-state index contributed by atoms with van der Waals surface area (Å²) in [4.78, 5) is 29.4. The van der Waals surface area contributed by atoms with E-state index in [0.717, 1.165) is 25.9 Å². The Labute approximate surface area is 129 Å². The zero-order valence-electron chi connectivity index (χ0n) is 12.5. The molecular formula is C16H20FN3O2. The molecule has 3 amide bonds. The quantitative estimate of drug-likeness (QED) is 0.849. The molecule has 0 saturated carbocycles. The molecule has 2 aliphatic rings. The summed E-state index contributed by atoms with van der Waals surface area (Å²) < 4.78 is 13.7. The lowest BCUT2D eigenvalue weighted by atomic mass is 10.2. The second-order valence-corrected chi connectivity index (χ2v) is 5.80. The van der Waals surface area contributed by atoms with Crippen LogP contribution in [-0.4, -0.2) is 59.4 Å². The Morgan fingerprint density at radius 1 is 1.05 bits per heavy atom. The Balaban J connectivity index is 1.58. The third kappa shape index (κ3) is 3.05. The van der Waals surface area contributed by atoms with Gasteiger partial charge < -0.3 is 14.7 Å². The molecule has 22 heavy (non-hydrogen) atoms. The summed E-state index contributed by atoms with van der Waals surface area (Å²) >= 11 is 0. The zero-order valence-corrected chi connectivity index (χ0v) is 12.5. The topological polar surface area (TPSA) is 43.9 Å². The zero-order chi connectivity index (χ0) is 15.5. The summed E-state index contributed by atoms with van der Waals surface area (Å²) in [6, 6.07) is 6.28. The van der Waals surface area contributed by atoms with Crippen LogP contribution in [0.3, 0.4) is 0 Å². The standard InChI is InChI=1S/C16H20FN3O2/c17-14-6-2-1-5-13(14)11-19-9-10-20(16(19)22)12-15(21)18-7-3-4-8-18/h1-2,5-6H,3-4,7-12H2. The number of rotatable bonds is 4. The average molecular weight is 305 g/mol. The normalized spacial score (nSPS) is 18.4. The first-order chi connectivity index (χ1) is 10.6. The maximum Gasteiger partial charge on any atom is 0.320 e. The molecule has 0 aromatic heterocycles. The Morgan fingerprint density at radius 3 is 2.45 bits per heavy atom. The van der Waals surface area contributed by atoms with Crippen molar-refractivity contribution in [3.05, 3.63) is 35.6 Å². The molecule has 0 radical (unpaired) electrons. The van der Waals surface area contributed by atoms with Gasteiger partial charge in [-0.05, 0) is 18.9 Å². The predicted octanol–water partition coefficient (Wildman–Crippen LogP) is 1.69. The van der Waals surface area contributed by atoms with E-state index < -0.39 is 0 Å². The second kappa shape index (κ2) is 6.34. The summed E-state index contributed by atoms with van der Waals surface area (Å²) in [6.07, 6.45) is 2.08. The first-order valence-electron chi connectivity index (χ1n) is 7.70. The highest BCUT2D eigenvalue weighted by Gasteiger charge is 2.31. The second-order valence-electron chi connectivity index (χ2n) is 5.80. The lowest BCUT2D eigenvalue weighted by Gasteiger charge is -2.21. The fourth-order valence-electron chi connectivity index (χ4n) is 2.99. The lowest BCUT2D eigenvalue weighted by molar-refractivity contribution is -0.130. The Kier molecular flexibility index (Phi) is 4.27. The van der Waals surface area contributed by atoms with Crippen LogP contribution in [0.25, 0.3) is 0 Å². The molecule has 0 aliphatic carbocycles. The van der Waals surface area contributed by atoms with Crippen molar-refractivity contribution in [2.45, 2.75) is 19.4 Å². The molecule has 0 unspecified atom stereocenters. The van der Waals surface area contributed by atoms with Gasteiger partial charge in [-0.2, -0.15) is 0 Å².